The molecule has 1 aromatic rings. The molecule has 5 nitrogen and oxygen atoms in total. The molecule has 1 rings (SSSR count). The number of nitrogens with zero attached hydrogens (tertiary/aromatic N) is 1. The average Bonchev–Trinajstić information content (AvgIpc) is 2.46. The van der Waals surface area contributed by atoms with Gasteiger partial charge in [-0.2, -0.15) is 0 Å². The first kappa shape index (κ1) is 18.9. The minimum atomic E-state index is -1.04. The topological polar surface area (TPSA) is 69.6 Å². The third-order valence-corrected chi connectivity index (χ3v) is 3.35. The maximum Gasteiger partial charge on any atom is 0.404 e. The van der Waals surface area contributed by atoms with Crippen LogP contribution >= 0.6 is 0 Å². The van der Waals surface area contributed by atoms with Gasteiger partial charge in [-0.1, -0.05) is 26.0 Å². The molecule has 0 saturated heterocycles. The lowest BCUT2D eigenvalue weighted by molar-refractivity contribution is -0.132. The summed E-state index contributed by atoms with van der Waals surface area (Å²) in [7, 11) is 0. The largest absolute Gasteiger partial charge is 0.465 e. The van der Waals surface area contributed by atoms with Crippen LogP contribution in [0.15, 0.2) is 24.3 Å². The Morgan fingerprint density at radius 2 is 1.87 bits per heavy atom. The number of hydrogen-bond donors (Lipinski definition) is 2. The van der Waals surface area contributed by atoms with Gasteiger partial charge in [0.15, 0.2) is 0 Å². The highest BCUT2D eigenvalue weighted by atomic mass is 19.1. The van der Waals surface area contributed by atoms with Gasteiger partial charge in [-0.25, -0.2) is 9.18 Å². The normalized spacial score (nSPS) is 10.6. The Balaban J connectivity index is 2.56. The van der Waals surface area contributed by atoms with Gasteiger partial charge in [-0.05, 0) is 36.5 Å². The van der Waals surface area contributed by atoms with Crippen molar-refractivity contribution in [2.24, 2.45) is 5.92 Å². The van der Waals surface area contributed by atoms with E-state index < -0.39 is 6.09 Å². The highest BCUT2D eigenvalue weighted by molar-refractivity contribution is 5.76. The van der Waals surface area contributed by atoms with Gasteiger partial charge in [0.2, 0.25) is 5.91 Å². The van der Waals surface area contributed by atoms with Crippen LogP contribution in [0, 0.1) is 11.7 Å². The fourth-order valence-corrected chi connectivity index (χ4v) is 2.20. The summed E-state index contributed by atoms with van der Waals surface area (Å²) in [5, 5.41) is 10.8. The first-order chi connectivity index (χ1) is 10.9. The van der Waals surface area contributed by atoms with Gasteiger partial charge in [0.05, 0.1) is 0 Å². The highest BCUT2D eigenvalue weighted by Gasteiger charge is 2.15. The Morgan fingerprint density at radius 3 is 2.43 bits per heavy atom. The van der Waals surface area contributed by atoms with Crippen LogP contribution in [-0.4, -0.2) is 35.1 Å². The van der Waals surface area contributed by atoms with Gasteiger partial charge < -0.3 is 15.3 Å². The Morgan fingerprint density at radius 1 is 1.22 bits per heavy atom. The molecular weight excluding hydrogens is 299 g/mol. The second kappa shape index (κ2) is 9.82. The number of unbranched alkanes of at least 4 members (excludes halogenated alkanes) is 1. The van der Waals surface area contributed by atoms with Crippen LogP contribution in [0.2, 0.25) is 0 Å². The lowest BCUT2D eigenvalue weighted by atomic mass is 10.1. The van der Waals surface area contributed by atoms with Crippen molar-refractivity contribution in [2.45, 2.75) is 39.7 Å². The van der Waals surface area contributed by atoms with Crippen molar-refractivity contribution in [3.63, 3.8) is 0 Å². The van der Waals surface area contributed by atoms with Crippen LogP contribution < -0.4 is 5.32 Å². The lowest BCUT2D eigenvalue weighted by Crippen LogP contribution is -2.33. The van der Waals surface area contributed by atoms with Crippen LogP contribution in [0.1, 0.15) is 38.7 Å². The average molecular weight is 324 g/mol. The van der Waals surface area contributed by atoms with Crippen molar-refractivity contribution in [3.05, 3.63) is 35.6 Å². The molecule has 23 heavy (non-hydrogen) atoms. The van der Waals surface area contributed by atoms with E-state index in [1.807, 2.05) is 13.8 Å². The minimum Gasteiger partial charge on any atom is -0.465 e. The van der Waals surface area contributed by atoms with E-state index in [0.29, 0.717) is 38.9 Å². The quantitative estimate of drug-likeness (QED) is 0.685. The fourth-order valence-electron chi connectivity index (χ4n) is 2.20. The van der Waals surface area contributed by atoms with Crippen LogP contribution in [0.3, 0.4) is 0 Å². The van der Waals surface area contributed by atoms with Crippen molar-refractivity contribution in [2.75, 3.05) is 13.1 Å². The van der Waals surface area contributed by atoms with Gasteiger partial charge >= 0.3 is 6.09 Å². The molecule has 0 fully saturated rings. The van der Waals surface area contributed by atoms with E-state index in [2.05, 4.69) is 5.32 Å². The monoisotopic (exact) mass is 324 g/mol. The molecule has 0 aliphatic rings. The molecule has 0 atom stereocenters. The molecule has 6 heteroatoms. The number of halogens is 1. The molecule has 0 saturated carbocycles. The molecule has 0 aliphatic heterocycles. The number of amides is 2. The van der Waals surface area contributed by atoms with Crippen LogP contribution in [-0.2, 0) is 11.3 Å². The van der Waals surface area contributed by atoms with Crippen LogP contribution in [0.25, 0.3) is 0 Å². The maximum atomic E-state index is 13.0. The van der Waals surface area contributed by atoms with Gasteiger partial charge in [-0.15, -0.1) is 0 Å². The summed E-state index contributed by atoms with van der Waals surface area (Å²) in [5.74, 6) is 0.0379. The first-order valence-corrected chi connectivity index (χ1v) is 7.87. The number of rotatable bonds is 9. The third kappa shape index (κ3) is 8.18. The van der Waals surface area contributed by atoms with E-state index >= 15 is 0 Å². The summed E-state index contributed by atoms with van der Waals surface area (Å²) in [6.45, 7) is 5.36. The molecule has 0 spiro atoms. The second-order valence-electron chi connectivity index (χ2n) is 5.98. The first-order valence-electron chi connectivity index (χ1n) is 7.87. The van der Waals surface area contributed by atoms with Crippen molar-refractivity contribution < 1.29 is 19.1 Å². The zero-order valence-electron chi connectivity index (χ0n) is 13.7. The number of carbonyl (C=O) groups is 2. The summed E-state index contributed by atoms with van der Waals surface area (Å²) < 4.78 is 13.0. The van der Waals surface area contributed by atoms with E-state index in [-0.39, 0.29) is 17.6 Å². The van der Waals surface area contributed by atoms with E-state index in [0.717, 1.165) is 5.56 Å². The molecule has 0 heterocycles. The number of carbonyl (C=O) groups excluding carboxylic acids is 1. The van der Waals surface area contributed by atoms with Gasteiger partial charge in [0.1, 0.15) is 5.82 Å². The predicted octanol–water partition coefficient (Wildman–Crippen LogP) is 3.25. The molecule has 0 aliphatic carbocycles. The minimum absolute atomic E-state index is 0.0653. The van der Waals surface area contributed by atoms with Crippen LogP contribution in [0.4, 0.5) is 9.18 Å². The lowest BCUT2D eigenvalue weighted by Gasteiger charge is -2.24. The summed E-state index contributed by atoms with van der Waals surface area (Å²) >= 11 is 0. The molecule has 0 bridgehead atoms. The fraction of sp³-hybridized carbons (Fsp3) is 0.529. The maximum absolute atomic E-state index is 13.0. The zero-order chi connectivity index (χ0) is 17.2. The third-order valence-electron chi connectivity index (χ3n) is 3.35. The number of nitrogens with one attached hydrogen (secondary N) is 1. The molecular formula is C17H25FN2O3. The van der Waals surface area contributed by atoms with Gasteiger partial charge in [-0.3, -0.25) is 4.79 Å². The van der Waals surface area contributed by atoms with E-state index in [9.17, 15) is 14.0 Å². The standard InChI is InChI=1S/C17H25FN2O3/c1-13(2)11-16(21)20(10-4-3-9-19-17(22)23)12-14-5-7-15(18)8-6-14/h5-8,13,19H,3-4,9-12H2,1-2H3,(H,22,23). The van der Waals surface area contributed by atoms with Crippen molar-refractivity contribution >= 4 is 12.0 Å². The highest BCUT2D eigenvalue weighted by Crippen LogP contribution is 2.11. The summed E-state index contributed by atoms with van der Waals surface area (Å²) in [5.41, 5.74) is 0.882. The number of benzene rings is 1. The molecule has 2 N–H and O–H groups in total. The molecule has 0 unspecified atom stereocenters. The Kier molecular flexibility index (Phi) is 8.08. The molecule has 1 aromatic carbocycles. The summed E-state index contributed by atoms with van der Waals surface area (Å²) in [4.78, 5) is 24.5. The molecule has 128 valence electrons. The van der Waals surface area contributed by atoms with Crippen molar-refractivity contribution in [3.8, 4) is 0 Å². The number of carboxylic acid groups (broad SMARTS) is 1. The molecule has 0 aromatic heterocycles. The molecule has 0 radical (unpaired) electrons. The van der Waals surface area contributed by atoms with Gasteiger partial charge in [0, 0.05) is 26.1 Å². The van der Waals surface area contributed by atoms with Crippen molar-refractivity contribution in [1.82, 2.24) is 10.2 Å². The van der Waals surface area contributed by atoms with Gasteiger partial charge in [0.25, 0.3) is 0 Å². The van der Waals surface area contributed by atoms with Crippen LogP contribution in [0.5, 0.6) is 0 Å². The van der Waals surface area contributed by atoms with E-state index in [4.69, 9.17) is 5.11 Å². The number of hydrogen-bond acceptors (Lipinski definition) is 2. The Labute approximate surface area is 136 Å². The Hall–Kier alpha value is -2.11. The van der Waals surface area contributed by atoms with E-state index in [1.54, 1.807) is 17.0 Å². The summed E-state index contributed by atoms with van der Waals surface area (Å²) in [6, 6.07) is 6.13. The Bertz CT molecular complexity index is 503. The second-order valence-corrected chi connectivity index (χ2v) is 5.98. The zero-order valence-corrected chi connectivity index (χ0v) is 13.7. The molecule has 2 amide bonds. The predicted molar refractivity (Wildman–Crippen MR) is 86.5 cm³/mol. The van der Waals surface area contributed by atoms with Crippen molar-refractivity contribution in [1.29, 1.82) is 0 Å². The van der Waals surface area contributed by atoms with E-state index in [1.165, 1.54) is 12.1 Å². The summed E-state index contributed by atoms with van der Waals surface area (Å²) in [6.07, 6.45) is 0.810. The SMILES string of the molecule is CC(C)CC(=O)N(CCCCNC(=O)O)Cc1ccc(F)cc1. The smallest absolute Gasteiger partial charge is 0.404 e.